The molecule has 1 N–H and O–H groups in total. The second-order valence-electron chi connectivity index (χ2n) is 5.75. The maximum absolute atomic E-state index is 12.8. The van der Waals surface area contributed by atoms with Crippen LogP contribution in [0.25, 0.3) is 0 Å². The molecule has 0 aromatic carbocycles. The van der Waals surface area contributed by atoms with Gasteiger partial charge < -0.3 is 10.0 Å². The van der Waals surface area contributed by atoms with E-state index in [0.717, 1.165) is 30.7 Å². The summed E-state index contributed by atoms with van der Waals surface area (Å²) in [6.07, 6.45) is 3.56. The lowest BCUT2D eigenvalue weighted by Gasteiger charge is -2.35. The average Bonchev–Trinajstić information content (AvgIpc) is 2.69. The summed E-state index contributed by atoms with van der Waals surface area (Å²) in [5.74, 6) is -0.810. The normalized spacial score (nSPS) is 18.8. The Morgan fingerprint density at radius 1 is 1.33 bits per heavy atom. The topological polar surface area (TPSA) is 75.4 Å². The van der Waals surface area contributed by atoms with Gasteiger partial charge in [0, 0.05) is 31.7 Å². The summed E-state index contributed by atoms with van der Waals surface area (Å²) in [7, 11) is 1.83. The molecule has 2 rings (SSSR count). The van der Waals surface area contributed by atoms with Gasteiger partial charge in [-0.1, -0.05) is 0 Å². The van der Waals surface area contributed by atoms with Gasteiger partial charge in [-0.25, -0.2) is 0 Å². The second-order valence-corrected chi connectivity index (χ2v) is 5.75. The van der Waals surface area contributed by atoms with Gasteiger partial charge >= 0.3 is 5.97 Å². The third kappa shape index (κ3) is 3.25. The number of nitrogens with zero attached hydrogens (tertiary/aromatic N) is 3. The van der Waals surface area contributed by atoms with Crippen LogP contribution >= 0.6 is 0 Å². The van der Waals surface area contributed by atoms with E-state index in [4.69, 9.17) is 5.11 Å². The Hall–Kier alpha value is -1.85. The molecule has 6 nitrogen and oxygen atoms in total. The molecule has 1 aromatic rings. The summed E-state index contributed by atoms with van der Waals surface area (Å²) >= 11 is 0. The van der Waals surface area contributed by atoms with Gasteiger partial charge in [-0.3, -0.25) is 14.3 Å². The standard InChI is InChI=1S/C15H23N3O3/c1-10-14(11(2)17(3)16-10)15(21)18-9-5-4-6-12(18)7-8-13(19)20/h12H,4-9H2,1-3H3,(H,19,20). The molecule has 1 unspecified atom stereocenters. The zero-order chi connectivity index (χ0) is 15.6. The lowest BCUT2D eigenvalue weighted by molar-refractivity contribution is -0.137. The fourth-order valence-electron chi connectivity index (χ4n) is 3.08. The van der Waals surface area contributed by atoms with Crippen molar-refractivity contribution in [3.8, 4) is 0 Å². The number of likely N-dealkylation sites (tertiary alicyclic amines) is 1. The molecule has 0 radical (unpaired) electrons. The highest BCUT2D eigenvalue weighted by atomic mass is 16.4. The first-order chi connectivity index (χ1) is 9.91. The van der Waals surface area contributed by atoms with Crippen LogP contribution in [0.5, 0.6) is 0 Å². The van der Waals surface area contributed by atoms with E-state index >= 15 is 0 Å². The minimum Gasteiger partial charge on any atom is -0.481 e. The predicted octanol–water partition coefficient (Wildman–Crippen LogP) is 1.90. The van der Waals surface area contributed by atoms with E-state index in [0.29, 0.717) is 18.5 Å². The number of rotatable bonds is 4. The summed E-state index contributed by atoms with van der Waals surface area (Å²) in [5, 5.41) is 13.2. The number of hydrogen-bond donors (Lipinski definition) is 1. The van der Waals surface area contributed by atoms with E-state index in [9.17, 15) is 9.59 Å². The fraction of sp³-hybridized carbons (Fsp3) is 0.667. The van der Waals surface area contributed by atoms with Crippen molar-refractivity contribution in [1.29, 1.82) is 0 Å². The van der Waals surface area contributed by atoms with E-state index in [1.54, 1.807) is 4.68 Å². The van der Waals surface area contributed by atoms with Crippen molar-refractivity contribution in [1.82, 2.24) is 14.7 Å². The number of aliphatic carboxylic acids is 1. The third-order valence-electron chi connectivity index (χ3n) is 4.30. The molecule has 1 aliphatic rings. The van der Waals surface area contributed by atoms with Crippen molar-refractivity contribution < 1.29 is 14.7 Å². The number of carbonyl (C=O) groups excluding carboxylic acids is 1. The predicted molar refractivity (Wildman–Crippen MR) is 78.2 cm³/mol. The van der Waals surface area contributed by atoms with Crippen LogP contribution in [0.1, 0.15) is 53.8 Å². The number of aromatic nitrogens is 2. The Morgan fingerprint density at radius 3 is 2.62 bits per heavy atom. The van der Waals surface area contributed by atoms with Gasteiger partial charge in [0.25, 0.3) is 5.91 Å². The SMILES string of the molecule is Cc1nn(C)c(C)c1C(=O)N1CCCCC1CCC(=O)O. The molecule has 1 aromatic heterocycles. The monoisotopic (exact) mass is 293 g/mol. The molecule has 1 atom stereocenters. The van der Waals surface area contributed by atoms with Crippen LogP contribution in [0.2, 0.25) is 0 Å². The lowest BCUT2D eigenvalue weighted by Crippen LogP contribution is -2.44. The zero-order valence-electron chi connectivity index (χ0n) is 12.9. The molecule has 6 heteroatoms. The quantitative estimate of drug-likeness (QED) is 0.920. The molecule has 116 valence electrons. The molecule has 0 bridgehead atoms. The molecule has 1 saturated heterocycles. The van der Waals surface area contributed by atoms with Crippen LogP contribution in [0.3, 0.4) is 0 Å². The highest BCUT2D eigenvalue weighted by molar-refractivity contribution is 5.96. The van der Waals surface area contributed by atoms with Crippen molar-refractivity contribution in [3.05, 3.63) is 17.0 Å². The number of hydrogen-bond acceptors (Lipinski definition) is 3. The van der Waals surface area contributed by atoms with Gasteiger partial charge in [0.2, 0.25) is 0 Å². The van der Waals surface area contributed by atoms with Gasteiger partial charge in [-0.2, -0.15) is 5.10 Å². The molecule has 1 fully saturated rings. The summed E-state index contributed by atoms with van der Waals surface area (Å²) in [6.45, 7) is 4.44. The molecular weight excluding hydrogens is 270 g/mol. The zero-order valence-corrected chi connectivity index (χ0v) is 12.9. The Labute approximate surface area is 124 Å². The smallest absolute Gasteiger partial charge is 0.303 e. The summed E-state index contributed by atoms with van der Waals surface area (Å²) < 4.78 is 1.72. The van der Waals surface area contributed by atoms with Crippen molar-refractivity contribution >= 4 is 11.9 Å². The first-order valence-corrected chi connectivity index (χ1v) is 7.44. The molecule has 1 aliphatic heterocycles. The fourth-order valence-corrected chi connectivity index (χ4v) is 3.08. The van der Waals surface area contributed by atoms with E-state index < -0.39 is 5.97 Å². The minimum atomic E-state index is -0.804. The van der Waals surface area contributed by atoms with E-state index in [1.807, 2.05) is 25.8 Å². The van der Waals surface area contributed by atoms with Crippen molar-refractivity contribution in [2.45, 2.75) is 52.0 Å². The van der Waals surface area contributed by atoms with Crippen LogP contribution in [0, 0.1) is 13.8 Å². The number of piperidine rings is 1. The first-order valence-electron chi connectivity index (χ1n) is 7.44. The number of aryl methyl sites for hydroxylation is 2. The highest BCUT2D eigenvalue weighted by Crippen LogP contribution is 2.25. The van der Waals surface area contributed by atoms with Gasteiger partial charge in [-0.15, -0.1) is 0 Å². The maximum atomic E-state index is 12.8. The molecule has 1 amide bonds. The lowest BCUT2D eigenvalue weighted by atomic mass is 9.96. The number of carboxylic acid groups (broad SMARTS) is 1. The van der Waals surface area contributed by atoms with Crippen molar-refractivity contribution in [2.75, 3.05) is 6.54 Å². The van der Waals surface area contributed by atoms with Crippen LogP contribution in [0.15, 0.2) is 0 Å². The molecule has 0 spiro atoms. The summed E-state index contributed by atoms with van der Waals surface area (Å²) in [4.78, 5) is 25.5. The molecule has 0 saturated carbocycles. The van der Waals surface area contributed by atoms with E-state index in [1.165, 1.54) is 0 Å². The summed E-state index contributed by atoms with van der Waals surface area (Å²) in [5.41, 5.74) is 2.27. The maximum Gasteiger partial charge on any atom is 0.303 e. The molecule has 2 heterocycles. The Kier molecular flexibility index (Phi) is 4.65. The van der Waals surface area contributed by atoms with Crippen LogP contribution in [0.4, 0.5) is 0 Å². The van der Waals surface area contributed by atoms with Crippen LogP contribution in [-0.2, 0) is 11.8 Å². The van der Waals surface area contributed by atoms with Gasteiger partial charge in [0.1, 0.15) is 0 Å². The van der Waals surface area contributed by atoms with E-state index in [2.05, 4.69) is 5.10 Å². The number of carboxylic acids is 1. The molecule has 21 heavy (non-hydrogen) atoms. The van der Waals surface area contributed by atoms with Gasteiger partial charge in [0.05, 0.1) is 11.3 Å². The highest BCUT2D eigenvalue weighted by Gasteiger charge is 2.30. The largest absolute Gasteiger partial charge is 0.481 e. The second kappa shape index (κ2) is 6.28. The Balaban J connectivity index is 2.20. The number of amides is 1. The number of carbonyl (C=O) groups is 2. The minimum absolute atomic E-state index is 0.00631. The van der Waals surface area contributed by atoms with Crippen LogP contribution < -0.4 is 0 Å². The van der Waals surface area contributed by atoms with Crippen LogP contribution in [-0.4, -0.2) is 44.3 Å². The average molecular weight is 293 g/mol. The Morgan fingerprint density at radius 2 is 2.05 bits per heavy atom. The van der Waals surface area contributed by atoms with Gasteiger partial charge in [-0.05, 0) is 39.5 Å². The van der Waals surface area contributed by atoms with Crippen molar-refractivity contribution in [2.24, 2.45) is 7.05 Å². The third-order valence-corrected chi connectivity index (χ3v) is 4.30. The summed E-state index contributed by atoms with van der Waals surface area (Å²) in [6, 6.07) is 0.0290. The first kappa shape index (κ1) is 15.5. The molecular formula is C15H23N3O3. The molecule has 0 aliphatic carbocycles. The van der Waals surface area contributed by atoms with E-state index in [-0.39, 0.29) is 18.4 Å². The van der Waals surface area contributed by atoms with Crippen molar-refractivity contribution in [3.63, 3.8) is 0 Å². The Bertz CT molecular complexity index is 551. The van der Waals surface area contributed by atoms with Gasteiger partial charge in [0.15, 0.2) is 0 Å².